The second-order valence-corrected chi connectivity index (χ2v) is 6.69. The van der Waals surface area contributed by atoms with E-state index in [0.717, 1.165) is 23.3 Å². The van der Waals surface area contributed by atoms with Crippen LogP contribution < -0.4 is 9.64 Å². The predicted molar refractivity (Wildman–Crippen MR) is 91.1 cm³/mol. The van der Waals surface area contributed by atoms with Crippen LogP contribution in [-0.2, 0) is 13.0 Å². The summed E-state index contributed by atoms with van der Waals surface area (Å²) < 4.78 is 6.60. The molecule has 0 aromatic heterocycles. The van der Waals surface area contributed by atoms with Crippen LogP contribution in [0.5, 0.6) is 5.75 Å². The summed E-state index contributed by atoms with van der Waals surface area (Å²) in [5.74, 6) is 1.63. The maximum absolute atomic E-state index is 5.51. The molecule has 0 aliphatic carbocycles. The second-order valence-electron chi connectivity index (χ2n) is 5.77. The fourth-order valence-electron chi connectivity index (χ4n) is 3.13. The second kappa shape index (κ2) is 6.10. The Hall–Kier alpha value is -1.48. The smallest absolute Gasteiger partial charge is 0.123 e. The first-order valence-corrected chi connectivity index (χ1v) is 8.12. The molecule has 0 saturated heterocycles. The Morgan fingerprint density at radius 2 is 2.05 bits per heavy atom. The standard InChI is InChI=1S/C18H20BrNO/c1-13-9-14-5-3-4-6-17(14)20(11-13)12-15-10-16(19)7-8-18(15)21-2/h3-8,10,13H,9,11-12H2,1-2H3. The summed E-state index contributed by atoms with van der Waals surface area (Å²) in [6, 6.07) is 14.9. The zero-order chi connectivity index (χ0) is 14.8. The van der Waals surface area contributed by atoms with Gasteiger partial charge in [-0.1, -0.05) is 41.1 Å². The lowest BCUT2D eigenvalue weighted by molar-refractivity contribution is 0.408. The Balaban J connectivity index is 1.93. The van der Waals surface area contributed by atoms with Crippen molar-refractivity contribution in [2.45, 2.75) is 19.9 Å². The first-order valence-electron chi connectivity index (χ1n) is 7.32. The van der Waals surface area contributed by atoms with Gasteiger partial charge in [-0.2, -0.15) is 0 Å². The highest BCUT2D eigenvalue weighted by atomic mass is 79.9. The molecule has 0 saturated carbocycles. The molecule has 1 atom stereocenters. The molecular weight excluding hydrogens is 326 g/mol. The highest BCUT2D eigenvalue weighted by molar-refractivity contribution is 9.10. The van der Waals surface area contributed by atoms with Gasteiger partial charge in [0.2, 0.25) is 0 Å². The molecule has 110 valence electrons. The van der Waals surface area contributed by atoms with E-state index in [9.17, 15) is 0 Å². The molecule has 1 heterocycles. The van der Waals surface area contributed by atoms with E-state index in [2.05, 4.69) is 58.1 Å². The fraction of sp³-hybridized carbons (Fsp3) is 0.333. The molecule has 0 N–H and O–H groups in total. The first-order chi connectivity index (χ1) is 10.2. The van der Waals surface area contributed by atoms with E-state index < -0.39 is 0 Å². The molecule has 2 aromatic carbocycles. The van der Waals surface area contributed by atoms with Crippen LogP contribution in [0.3, 0.4) is 0 Å². The number of fused-ring (bicyclic) bond motifs is 1. The largest absolute Gasteiger partial charge is 0.496 e. The number of benzene rings is 2. The number of ether oxygens (including phenoxy) is 1. The third kappa shape index (κ3) is 3.08. The summed E-state index contributed by atoms with van der Waals surface area (Å²) in [5.41, 5.74) is 4.03. The summed E-state index contributed by atoms with van der Waals surface area (Å²) in [7, 11) is 1.74. The maximum Gasteiger partial charge on any atom is 0.123 e. The van der Waals surface area contributed by atoms with E-state index in [1.807, 2.05) is 12.1 Å². The average molecular weight is 346 g/mol. The van der Waals surface area contributed by atoms with Crippen LogP contribution >= 0.6 is 15.9 Å². The van der Waals surface area contributed by atoms with Crippen molar-refractivity contribution in [3.8, 4) is 5.75 Å². The lowest BCUT2D eigenvalue weighted by atomic mass is 9.93. The Labute approximate surface area is 134 Å². The van der Waals surface area contributed by atoms with E-state index in [0.29, 0.717) is 5.92 Å². The summed E-state index contributed by atoms with van der Waals surface area (Å²) in [4.78, 5) is 2.47. The Morgan fingerprint density at radius 1 is 1.24 bits per heavy atom. The van der Waals surface area contributed by atoms with Crippen LogP contribution in [0.2, 0.25) is 0 Å². The van der Waals surface area contributed by atoms with Crippen LogP contribution in [0.15, 0.2) is 46.9 Å². The molecule has 0 bridgehead atoms. The van der Waals surface area contributed by atoms with Crippen molar-refractivity contribution >= 4 is 21.6 Å². The number of hydrogen-bond donors (Lipinski definition) is 0. The van der Waals surface area contributed by atoms with Gasteiger partial charge in [0, 0.05) is 28.8 Å². The van der Waals surface area contributed by atoms with Crippen molar-refractivity contribution in [2.75, 3.05) is 18.6 Å². The van der Waals surface area contributed by atoms with Crippen LogP contribution in [-0.4, -0.2) is 13.7 Å². The normalized spacial score (nSPS) is 17.5. The molecule has 1 aliphatic heterocycles. The van der Waals surface area contributed by atoms with E-state index in [-0.39, 0.29) is 0 Å². The topological polar surface area (TPSA) is 12.5 Å². The molecule has 2 nitrogen and oxygen atoms in total. The number of nitrogens with zero attached hydrogens (tertiary/aromatic N) is 1. The van der Waals surface area contributed by atoms with Crippen molar-refractivity contribution in [1.82, 2.24) is 0 Å². The van der Waals surface area contributed by atoms with Crippen molar-refractivity contribution < 1.29 is 4.74 Å². The minimum absolute atomic E-state index is 0.679. The van der Waals surface area contributed by atoms with Crippen LogP contribution in [0.4, 0.5) is 5.69 Å². The van der Waals surface area contributed by atoms with Crippen LogP contribution in [0, 0.1) is 5.92 Å². The van der Waals surface area contributed by atoms with Gasteiger partial charge in [0.25, 0.3) is 0 Å². The molecule has 0 radical (unpaired) electrons. The van der Waals surface area contributed by atoms with Gasteiger partial charge in [-0.15, -0.1) is 0 Å². The number of methoxy groups -OCH3 is 1. The molecule has 3 heteroatoms. The number of halogens is 1. The Morgan fingerprint density at radius 3 is 2.86 bits per heavy atom. The Kier molecular flexibility index (Phi) is 4.20. The SMILES string of the molecule is COc1ccc(Br)cc1CN1CC(C)Cc2ccccc21. The predicted octanol–water partition coefficient (Wildman–Crippen LogP) is 4.66. The zero-order valence-corrected chi connectivity index (χ0v) is 14.1. The molecule has 21 heavy (non-hydrogen) atoms. The van der Waals surface area contributed by atoms with Crippen molar-refractivity contribution in [2.24, 2.45) is 5.92 Å². The lowest BCUT2D eigenvalue weighted by Crippen LogP contribution is -2.33. The molecule has 1 unspecified atom stereocenters. The monoisotopic (exact) mass is 345 g/mol. The van der Waals surface area contributed by atoms with E-state index >= 15 is 0 Å². The van der Waals surface area contributed by atoms with Gasteiger partial charge in [0.15, 0.2) is 0 Å². The van der Waals surface area contributed by atoms with Crippen molar-refractivity contribution in [1.29, 1.82) is 0 Å². The van der Waals surface area contributed by atoms with Gasteiger partial charge in [-0.25, -0.2) is 0 Å². The number of anilines is 1. The quantitative estimate of drug-likeness (QED) is 0.802. The van der Waals surface area contributed by atoms with Crippen molar-refractivity contribution in [3.63, 3.8) is 0 Å². The molecule has 3 rings (SSSR count). The molecular formula is C18H20BrNO. The van der Waals surface area contributed by atoms with Gasteiger partial charge in [-0.3, -0.25) is 0 Å². The van der Waals surface area contributed by atoms with Gasteiger partial charge in [0.1, 0.15) is 5.75 Å². The zero-order valence-electron chi connectivity index (χ0n) is 12.5. The minimum atomic E-state index is 0.679. The minimum Gasteiger partial charge on any atom is -0.496 e. The molecule has 0 amide bonds. The summed E-state index contributed by atoms with van der Waals surface area (Å²) in [5, 5.41) is 0. The van der Waals surface area contributed by atoms with Gasteiger partial charge < -0.3 is 9.64 Å². The molecule has 0 fully saturated rings. The Bertz CT molecular complexity index is 641. The average Bonchev–Trinajstić information content (AvgIpc) is 2.47. The van der Waals surface area contributed by atoms with E-state index in [1.165, 1.54) is 23.2 Å². The van der Waals surface area contributed by atoms with Crippen molar-refractivity contribution in [3.05, 3.63) is 58.1 Å². The molecule has 1 aliphatic rings. The summed E-state index contributed by atoms with van der Waals surface area (Å²) in [6.07, 6.45) is 1.17. The van der Waals surface area contributed by atoms with Crippen LogP contribution in [0.25, 0.3) is 0 Å². The third-order valence-electron chi connectivity index (χ3n) is 4.04. The van der Waals surface area contributed by atoms with Gasteiger partial charge in [-0.05, 0) is 42.2 Å². The fourth-order valence-corrected chi connectivity index (χ4v) is 3.54. The number of para-hydroxylation sites is 1. The maximum atomic E-state index is 5.51. The summed E-state index contributed by atoms with van der Waals surface area (Å²) >= 11 is 3.56. The molecule has 2 aromatic rings. The van der Waals surface area contributed by atoms with E-state index in [4.69, 9.17) is 4.74 Å². The first kappa shape index (κ1) is 14.5. The van der Waals surface area contributed by atoms with Gasteiger partial charge >= 0.3 is 0 Å². The number of hydrogen-bond acceptors (Lipinski definition) is 2. The third-order valence-corrected chi connectivity index (χ3v) is 4.53. The summed E-state index contributed by atoms with van der Waals surface area (Å²) in [6.45, 7) is 4.29. The van der Waals surface area contributed by atoms with Gasteiger partial charge in [0.05, 0.1) is 7.11 Å². The lowest BCUT2D eigenvalue weighted by Gasteiger charge is -2.35. The molecule has 0 spiro atoms. The highest BCUT2D eigenvalue weighted by Gasteiger charge is 2.22. The number of rotatable bonds is 3. The highest BCUT2D eigenvalue weighted by Crippen LogP contribution is 2.32. The van der Waals surface area contributed by atoms with Crippen LogP contribution in [0.1, 0.15) is 18.1 Å². The van der Waals surface area contributed by atoms with E-state index in [1.54, 1.807) is 7.11 Å².